The van der Waals surface area contributed by atoms with Crippen molar-refractivity contribution in [1.29, 1.82) is 0 Å². The Morgan fingerprint density at radius 2 is 1.91 bits per heavy atom. The molecule has 2 aromatic carbocycles. The fourth-order valence-corrected chi connectivity index (χ4v) is 4.70. The highest BCUT2D eigenvalue weighted by molar-refractivity contribution is 5.93. The lowest BCUT2D eigenvalue weighted by Gasteiger charge is -2.18. The van der Waals surface area contributed by atoms with Gasteiger partial charge in [-0.1, -0.05) is 6.58 Å². The number of ether oxygens (including phenoxy) is 4. The van der Waals surface area contributed by atoms with Gasteiger partial charge in [0.05, 0.1) is 44.4 Å². The first-order chi connectivity index (χ1) is 21.4. The van der Waals surface area contributed by atoms with E-state index in [1.165, 1.54) is 43.4 Å². The van der Waals surface area contributed by atoms with Crippen LogP contribution in [0.4, 0.5) is 15.9 Å². The molecule has 224 valence electrons. The topological polar surface area (TPSA) is 139 Å². The number of hydrogen-bond acceptors (Lipinski definition) is 11. The van der Waals surface area contributed by atoms with Crippen LogP contribution >= 0.6 is 0 Å². The van der Waals surface area contributed by atoms with E-state index in [1.807, 2.05) is 0 Å². The summed E-state index contributed by atoms with van der Waals surface area (Å²) in [7, 11) is 3.02. The van der Waals surface area contributed by atoms with E-state index in [-0.39, 0.29) is 35.3 Å². The minimum Gasteiger partial charge on any atom is -0.493 e. The van der Waals surface area contributed by atoms with Crippen molar-refractivity contribution in [1.82, 2.24) is 34.6 Å². The molecular formula is C30H27FN8O5. The fourth-order valence-electron chi connectivity index (χ4n) is 4.70. The maximum absolute atomic E-state index is 15.3. The van der Waals surface area contributed by atoms with E-state index >= 15 is 4.39 Å². The van der Waals surface area contributed by atoms with E-state index in [9.17, 15) is 4.79 Å². The van der Waals surface area contributed by atoms with E-state index in [4.69, 9.17) is 18.9 Å². The van der Waals surface area contributed by atoms with Crippen LogP contribution in [0.2, 0.25) is 0 Å². The van der Waals surface area contributed by atoms with E-state index < -0.39 is 5.82 Å². The van der Waals surface area contributed by atoms with Crippen LogP contribution in [0, 0.1) is 5.82 Å². The summed E-state index contributed by atoms with van der Waals surface area (Å²) in [6.07, 6.45) is 7.88. The summed E-state index contributed by atoms with van der Waals surface area (Å²) < 4.78 is 39.3. The van der Waals surface area contributed by atoms with Gasteiger partial charge in [-0.3, -0.25) is 4.79 Å². The molecule has 1 amide bonds. The predicted molar refractivity (Wildman–Crippen MR) is 157 cm³/mol. The average Bonchev–Trinajstić information content (AvgIpc) is 3.72. The smallest absolute Gasteiger partial charge is 0.316 e. The minimum atomic E-state index is -0.569. The van der Waals surface area contributed by atoms with E-state index in [0.717, 1.165) is 0 Å². The summed E-state index contributed by atoms with van der Waals surface area (Å²) in [5.41, 5.74) is 1.34. The van der Waals surface area contributed by atoms with Crippen molar-refractivity contribution in [2.45, 2.75) is 12.5 Å². The first-order valence-corrected chi connectivity index (χ1v) is 13.5. The summed E-state index contributed by atoms with van der Waals surface area (Å²) in [6, 6.07) is 9.74. The van der Waals surface area contributed by atoms with Gasteiger partial charge >= 0.3 is 6.01 Å². The van der Waals surface area contributed by atoms with Crippen molar-refractivity contribution < 1.29 is 28.1 Å². The molecule has 1 aliphatic heterocycles. The van der Waals surface area contributed by atoms with Crippen LogP contribution in [0.3, 0.4) is 0 Å². The second-order valence-corrected chi connectivity index (χ2v) is 9.65. The van der Waals surface area contributed by atoms with Gasteiger partial charge < -0.3 is 29.2 Å². The lowest BCUT2D eigenvalue weighted by Crippen LogP contribution is -2.29. The number of aromatic nitrogens is 6. The molecule has 0 bridgehead atoms. The largest absolute Gasteiger partial charge is 0.493 e. The number of benzene rings is 2. The van der Waals surface area contributed by atoms with Crippen molar-refractivity contribution in [2.75, 3.05) is 32.6 Å². The minimum absolute atomic E-state index is 0.141. The molecule has 14 heteroatoms. The predicted octanol–water partition coefficient (Wildman–Crippen LogP) is 4.46. The van der Waals surface area contributed by atoms with E-state index in [2.05, 4.69) is 36.9 Å². The third kappa shape index (κ3) is 5.90. The number of likely N-dealkylation sites (tertiary alicyclic amines) is 1. The lowest BCUT2D eigenvalue weighted by molar-refractivity contribution is -0.125. The van der Waals surface area contributed by atoms with Gasteiger partial charge in [-0.15, -0.1) is 5.10 Å². The van der Waals surface area contributed by atoms with Gasteiger partial charge in [0.25, 0.3) is 0 Å². The van der Waals surface area contributed by atoms with Crippen molar-refractivity contribution in [3.63, 3.8) is 0 Å². The molecule has 1 N–H and O–H groups in total. The van der Waals surface area contributed by atoms with Crippen molar-refractivity contribution in [2.24, 2.45) is 0 Å². The van der Waals surface area contributed by atoms with Crippen LogP contribution in [-0.4, -0.2) is 73.9 Å². The number of fused-ring (bicyclic) bond motifs is 1. The number of amides is 1. The molecule has 1 aliphatic rings. The van der Waals surface area contributed by atoms with Gasteiger partial charge in [0.1, 0.15) is 35.5 Å². The van der Waals surface area contributed by atoms with Crippen LogP contribution in [0.5, 0.6) is 29.1 Å². The number of nitrogens with zero attached hydrogens (tertiary/aromatic N) is 7. The standard InChI is InChI=1S/C30H27FN8O5/c1-4-28(40)38-9-7-20(16-38)43-26-12-21-24(13-25(26)41-2)34-17-35-29(21)36-23-6-5-19(11-22(23)31)44-27-8-10-39(37-27)18-14-32-30(42-3)33-15-18/h4-6,8,10-15,17,20H,1,7,9,16H2,2-3H3,(H,34,35,36)/t20-/m0/s1. The van der Waals surface area contributed by atoms with Gasteiger partial charge in [-0.05, 0) is 24.3 Å². The molecule has 6 rings (SSSR count). The molecule has 0 radical (unpaired) electrons. The van der Waals surface area contributed by atoms with Crippen LogP contribution in [0.1, 0.15) is 6.42 Å². The Kier molecular flexibility index (Phi) is 7.86. The number of halogens is 1. The number of nitrogens with one attached hydrogen (secondary N) is 1. The summed E-state index contributed by atoms with van der Waals surface area (Å²) in [5.74, 6) is 1.09. The molecule has 5 aromatic rings. The Morgan fingerprint density at radius 3 is 2.66 bits per heavy atom. The zero-order valence-corrected chi connectivity index (χ0v) is 23.8. The summed E-state index contributed by atoms with van der Waals surface area (Å²) in [5, 5.41) is 7.97. The Hall–Kier alpha value is -5.79. The average molecular weight is 599 g/mol. The molecular weight excluding hydrogens is 571 g/mol. The Labute approximate surface area is 250 Å². The highest BCUT2D eigenvalue weighted by Crippen LogP contribution is 2.37. The monoisotopic (exact) mass is 598 g/mol. The fraction of sp³-hybridized carbons (Fsp3) is 0.200. The van der Waals surface area contributed by atoms with E-state index in [1.54, 1.807) is 47.8 Å². The van der Waals surface area contributed by atoms with Crippen molar-refractivity contribution >= 4 is 28.3 Å². The highest BCUT2D eigenvalue weighted by atomic mass is 19.1. The van der Waals surface area contributed by atoms with Crippen molar-refractivity contribution in [3.05, 3.63) is 79.8 Å². The van der Waals surface area contributed by atoms with Gasteiger partial charge in [-0.2, -0.15) is 0 Å². The van der Waals surface area contributed by atoms with E-state index in [0.29, 0.717) is 53.4 Å². The molecule has 1 atom stereocenters. The maximum atomic E-state index is 15.3. The highest BCUT2D eigenvalue weighted by Gasteiger charge is 2.27. The Morgan fingerprint density at radius 1 is 1.07 bits per heavy atom. The molecule has 3 aromatic heterocycles. The lowest BCUT2D eigenvalue weighted by atomic mass is 10.2. The third-order valence-electron chi connectivity index (χ3n) is 6.89. The quantitative estimate of drug-likeness (QED) is 0.228. The number of anilines is 2. The number of methoxy groups -OCH3 is 2. The second-order valence-electron chi connectivity index (χ2n) is 9.65. The Bertz CT molecular complexity index is 1830. The molecule has 0 aliphatic carbocycles. The summed E-state index contributed by atoms with van der Waals surface area (Å²) >= 11 is 0. The van der Waals surface area contributed by atoms with Crippen LogP contribution in [0.15, 0.2) is 74.0 Å². The van der Waals surface area contributed by atoms with Crippen LogP contribution in [-0.2, 0) is 4.79 Å². The first kappa shape index (κ1) is 28.3. The molecule has 0 saturated carbocycles. The second kappa shape index (κ2) is 12.2. The van der Waals surface area contributed by atoms with Gasteiger partial charge in [0.15, 0.2) is 11.5 Å². The number of rotatable bonds is 10. The van der Waals surface area contributed by atoms with Crippen molar-refractivity contribution in [3.8, 4) is 34.8 Å². The van der Waals surface area contributed by atoms with Gasteiger partial charge in [0, 0.05) is 42.7 Å². The zero-order valence-electron chi connectivity index (χ0n) is 23.8. The number of hydrogen-bond donors (Lipinski definition) is 1. The molecule has 0 unspecified atom stereocenters. The van der Waals surface area contributed by atoms with Crippen LogP contribution < -0.4 is 24.3 Å². The molecule has 0 spiro atoms. The normalized spacial score (nSPS) is 14.3. The first-order valence-electron chi connectivity index (χ1n) is 13.5. The summed E-state index contributed by atoms with van der Waals surface area (Å²) in [6.45, 7) is 4.55. The number of carbonyl (C=O) groups is 1. The molecule has 13 nitrogen and oxygen atoms in total. The molecule has 44 heavy (non-hydrogen) atoms. The molecule has 4 heterocycles. The van der Waals surface area contributed by atoms with Gasteiger partial charge in [0.2, 0.25) is 11.8 Å². The zero-order chi connectivity index (χ0) is 30.6. The molecule has 1 fully saturated rings. The third-order valence-corrected chi connectivity index (χ3v) is 6.89. The Balaban J connectivity index is 1.19. The SMILES string of the molecule is C=CC(=O)N1CC[C@H](Oc2cc3c(Nc4ccc(Oc5ccn(-c6cnc(OC)nc6)n5)cc4F)ncnc3cc2OC)C1. The molecule has 1 saturated heterocycles. The van der Waals surface area contributed by atoms with Gasteiger partial charge in [-0.25, -0.2) is 29.0 Å². The maximum Gasteiger partial charge on any atom is 0.316 e. The summed E-state index contributed by atoms with van der Waals surface area (Å²) in [4.78, 5) is 30.5. The van der Waals surface area contributed by atoms with Crippen LogP contribution in [0.25, 0.3) is 16.6 Å². The number of carbonyl (C=O) groups excluding carboxylic acids is 1.